The molecule has 2 aliphatic rings. The first-order chi connectivity index (χ1) is 11.8. The van der Waals surface area contributed by atoms with Gasteiger partial charge in [0, 0.05) is 19.0 Å². The number of nitrogens with zero attached hydrogens (tertiary/aromatic N) is 1. The fourth-order valence-corrected chi connectivity index (χ4v) is 4.23. The number of hydrogen-bond acceptors (Lipinski definition) is 2. The van der Waals surface area contributed by atoms with Crippen molar-refractivity contribution < 1.29 is 4.79 Å². The van der Waals surface area contributed by atoms with Crippen LogP contribution < -0.4 is 5.32 Å². The number of nitrogens with one attached hydrogen (secondary N) is 1. The molecule has 0 spiro atoms. The van der Waals surface area contributed by atoms with E-state index < -0.39 is 0 Å². The summed E-state index contributed by atoms with van der Waals surface area (Å²) in [4.78, 5) is 15.0. The number of carbonyl (C=O) groups is 1. The van der Waals surface area contributed by atoms with E-state index in [4.69, 9.17) is 0 Å². The van der Waals surface area contributed by atoms with Crippen LogP contribution in [-0.2, 0) is 4.79 Å². The minimum atomic E-state index is 0. The molecule has 2 fully saturated rings. The Bertz CT molecular complexity index is 746. The maximum Gasteiger partial charge on any atom is 0.226 e. The van der Waals surface area contributed by atoms with E-state index in [0.29, 0.717) is 17.7 Å². The Morgan fingerprint density at radius 1 is 1.20 bits per heavy atom. The molecule has 2 aromatic carbocycles. The number of benzene rings is 2. The Hall–Kier alpha value is -1.58. The Labute approximate surface area is 156 Å². The summed E-state index contributed by atoms with van der Waals surface area (Å²) in [5, 5.41) is 5.81. The molecule has 3 unspecified atom stereocenters. The van der Waals surface area contributed by atoms with E-state index in [1.807, 2.05) is 7.05 Å². The van der Waals surface area contributed by atoms with Gasteiger partial charge >= 0.3 is 0 Å². The molecule has 4 heteroatoms. The lowest BCUT2D eigenvalue weighted by Gasteiger charge is -2.33. The summed E-state index contributed by atoms with van der Waals surface area (Å²) in [5.41, 5.74) is 1.33. The van der Waals surface area contributed by atoms with Gasteiger partial charge in [-0.25, -0.2) is 0 Å². The van der Waals surface area contributed by atoms with E-state index in [-0.39, 0.29) is 18.3 Å². The second-order valence-electron chi connectivity index (χ2n) is 7.41. The smallest absolute Gasteiger partial charge is 0.226 e. The highest BCUT2D eigenvalue weighted by molar-refractivity contribution is 5.86. The summed E-state index contributed by atoms with van der Waals surface area (Å²) in [6, 6.07) is 15.1. The van der Waals surface area contributed by atoms with Crippen LogP contribution in [0.15, 0.2) is 42.5 Å². The number of likely N-dealkylation sites (tertiary alicyclic amines) is 1. The van der Waals surface area contributed by atoms with Crippen molar-refractivity contribution in [1.82, 2.24) is 10.2 Å². The third-order valence-electron chi connectivity index (χ3n) is 5.63. The first kappa shape index (κ1) is 18.2. The number of amides is 1. The molecule has 4 rings (SSSR count). The predicted molar refractivity (Wildman–Crippen MR) is 105 cm³/mol. The number of hydrogen-bond donors (Lipinski definition) is 1. The minimum absolute atomic E-state index is 0. The predicted octanol–water partition coefficient (Wildman–Crippen LogP) is 3.82. The summed E-state index contributed by atoms with van der Waals surface area (Å²) in [5.74, 6) is 1.63. The Balaban J connectivity index is 0.00000182. The van der Waals surface area contributed by atoms with Crippen LogP contribution in [0.5, 0.6) is 0 Å². The van der Waals surface area contributed by atoms with Crippen molar-refractivity contribution in [3.8, 4) is 0 Å². The highest BCUT2D eigenvalue weighted by Crippen LogP contribution is 2.49. The quantitative estimate of drug-likeness (QED) is 0.901. The molecular formula is C21H27ClN2O. The summed E-state index contributed by atoms with van der Waals surface area (Å²) in [6.07, 6.45) is 3.40. The van der Waals surface area contributed by atoms with Gasteiger partial charge in [-0.3, -0.25) is 4.79 Å². The van der Waals surface area contributed by atoms with Gasteiger partial charge in [-0.1, -0.05) is 42.5 Å². The number of carbonyl (C=O) groups excluding carboxylic acids is 1. The Morgan fingerprint density at radius 3 is 2.80 bits per heavy atom. The van der Waals surface area contributed by atoms with Gasteiger partial charge < -0.3 is 10.2 Å². The van der Waals surface area contributed by atoms with E-state index in [1.54, 1.807) is 0 Å². The van der Waals surface area contributed by atoms with Crippen molar-refractivity contribution in [2.24, 2.45) is 11.8 Å². The first-order valence-electron chi connectivity index (χ1n) is 9.18. The molecule has 1 heterocycles. The van der Waals surface area contributed by atoms with E-state index in [9.17, 15) is 4.79 Å². The van der Waals surface area contributed by atoms with Crippen LogP contribution in [0.2, 0.25) is 0 Å². The van der Waals surface area contributed by atoms with E-state index >= 15 is 0 Å². The van der Waals surface area contributed by atoms with Gasteiger partial charge in [0.25, 0.3) is 0 Å². The van der Waals surface area contributed by atoms with Crippen molar-refractivity contribution in [3.05, 3.63) is 48.0 Å². The Kier molecular flexibility index (Phi) is 5.65. The van der Waals surface area contributed by atoms with Crippen LogP contribution in [0, 0.1) is 11.8 Å². The average Bonchev–Trinajstić information content (AvgIpc) is 3.42. The Morgan fingerprint density at radius 2 is 2.00 bits per heavy atom. The molecule has 25 heavy (non-hydrogen) atoms. The lowest BCUT2D eigenvalue weighted by atomic mass is 9.97. The van der Waals surface area contributed by atoms with Gasteiger partial charge in [0.05, 0.1) is 0 Å². The number of piperidine rings is 1. The van der Waals surface area contributed by atoms with E-state index in [2.05, 4.69) is 52.7 Å². The molecule has 3 atom stereocenters. The van der Waals surface area contributed by atoms with Crippen molar-refractivity contribution in [2.45, 2.75) is 25.2 Å². The van der Waals surface area contributed by atoms with E-state index in [0.717, 1.165) is 32.5 Å². The third-order valence-corrected chi connectivity index (χ3v) is 5.63. The van der Waals surface area contributed by atoms with Gasteiger partial charge in [-0.2, -0.15) is 0 Å². The molecule has 1 aliphatic carbocycles. The van der Waals surface area contributed by atoms with Crippen molar-refractivity contribution in [1.29, 1.82) is 0 Å². The van der Waals surface area contributed by atoms with Gasteiger partial charge in [-0.15, -0.1) is 12.4 Å². The molecule has 1 N–H and O–H groups in total. The summed E-state index contributed by atoms with van der Waals surface area (Å²) >= 11 is 0. The third kappa shape index (κ3) is 3.83. The van der Waals surface area contributed by atoms with Gasteiger partial charge in [0.2, 0.25) is 5.91 Å². The van der Waals surface area contributed by atoms with Crippen LogP contribution in [0.25, 0.3) is 10.8 Å². The fourth-order valence-electron chi connectivity index (χ4n) is 4.23. The van der Waals surface area contributed by atoms with Gasteiger partial charge in [0.1, 0.15) is 0 Å². The first-order valence-corrected chi connectivity index (χ1v) is 9.18. The summed E-state index contributed by atoms with van der Waals surface area (Å²) in [6.45, 7) is 2.89. The van der Waals surface area contributed by atoms with Crippen LogP contribution in [0.4, 0.5) is 0 Å². The second-order valence-corrected chi connectivity index (χ2v) is 7.41. The molecule has 2 aromatic rings. The summed E-state index contributed by atoms with van der Waals surface area (Å²) < 4.78 is 0. The zero-order valence-corrected chi connectivity index (χ0v) is 15.6. The van der Waals surface area contributed by atoms with E-state index in [1.165, 1.54) is 22.8 Å². The molecule has 1 amide bonds. The highest BCUT2D eigenvalue weighted by Gasteiger charge is 2.46. The lowest BCUT2D eigenvalue weighted by molar-refractivity contribution is -0.134. The fraction of sp³-hybridized carbons (Fsp3) is 0.476. The zero-order valence-electron chi connectivity index (χ0n) is 14.8. The molecular weight excluding hydrogens is 332 g/mol. The average molecular weight is 359 g/mol. The molecule has 1 saturated heterocycles. The molecule has 134 valence electrons. The maximum atomic E-state index is 12.9. The molecule has 0 radical (unpaired) electrons. The maximum absolute atomic E-state index is 12.9. The van der Waals surface area contributed by atoms with Crippen molar-refractivity contribution >= 4 is 29.1 Å². The summed E-state index contributed by atoms with van der Waals surface area (Å²) in [7, 11) is 2.00. The zero-order chi connectivity index (χ0) is 16.5. The second kappa shape index (κ2) is 7.76. The van der Waals surface area contributed by atoms with Crippen molar-refractivity contribution in [2.75, 3.05) is 26.7 Å². The standard InChI is InChI=1S/C21H26N2O.ClH/c1-22-13-15-5-4-10-23(14-15)21(24)20-12-19(20)18-9-8-16-6-2-3-7-17(16)11-18;/h2-3,6-9,11,15,19-20,22H,4-5,10,12-14H2,1H3;1H. The molecule has 3 nitrogen and oxygen atoms in total. The normalized spacial score (nSPS) is 25.5. The van der Waals surface area contributed by atoms with Crippen LogP contribution >= 0.6 is 12.4 Å². The lowest BCUT2D eigenvalue weighted by Crippen LogP contribution is -2.43. The number of rotatable bonds is 4. The monoisotopic (exact) mass is 358 g/mol. The van der Waals surface area contributed by atoms with Gasteiger partial charge in [-0.05, 0) is 61.0 Å². The molecule has 1 saturated carbocycles. The SMILES string of the molecule is CNCC1CCCN(C(=O)C2CC2c2ccc3ccccc3c2)C1.Cl. The highest BCUT2D eigenvalue weighted by atomic mass is 35.5. The number of fused-ring (bicyclic) bond motifs is 1. The van der Waals surface area contributed by atoms with Crippen LogP contribution in [0.1, 0.15) is 30.7 Å². The topological polar surface area (TPSA) is 32.3 Å². The molecule has 0 bridgehead atoms. The van der Waals surface area contributed by atoms with Crippen LogP contribution in [-0.4, -0.2) is 37.5 Å². The van der Waals surface area contributed by atoms with Crippen molar-refractivity contribution in [3.63, 3.8) is 0 Å². The molecule has 1 aliphatic heterocycles. The van der Waals surface area contributed by atoms with Gasteiger partial charge in [0.15, 0.2) is 0 Å². The largest absolute Gasteiger partial charge is 0.342 e. The number of halogens is 1. The van der Waals surface area contributed by atoms with Crippen LogP contribution in [0.3, 0.4) is 0 Å². The minimum Gasteiger partial charge on any atom is -0.342 e. The molecule has 0 aromatic heterocycles.